The Bertz CT molecular complexity index is 521. The minimum absolute atomic E-state index is 0.0234. The molecule has 0 spiro atoms. The normalized spacial score (nSPS) is 21.8. The van der Waals surface area contributed by atoms with Crippen LogP contribution in [-0.2, 0) is 4.74 Å². The summed E-state index contributed by atoms with van der Waals surface area (Å²) >= 11 is 0. The van der Waals surface area contributed by atoms with E-state index in [0.717, 1.165) is 25.3 Å². The first-order valence-corrected chi connectivity index (χ1v) is 7.54. The minimum atomic E-state index is -0.0669. The average Bonchev–Trinajstić information content (AvgIpc) is 3.04. The third kappa shape index (κ3) is 3.38. The molecule has 2 saturated heterocycles. The Hall–Kier alpha value is -2.09. The maximum atomic E-state index is 11.6. The number of rotatable bonds is 3. The van der Waals surface area contributed by atoms with Gasteiger partial charge in [-0.3, -0.25) is 0 Å². The standard InChI is InChI=1S/C14H21N5O3/c1-15-14(20)19-3-2-11(9-19)22-13-8-12(16-10-17-13)18-4-6-21-7-5-18/h8,10-11H,2-7,9H2,1H3,(H,15,20). The molecule has 0 radical (unpaired) electrons. The average molecular weight is 307 g/mol. The van der Waals surface area contributed by atoms with Crippen LogP contribution in [0, 0.1) is 0 Å². The van der Waals surface area contributed by atoms with Gasteiger partial charge in [-0.25, -0.2) is 14.8 Å². The van der Waals surface area contributed by atoms with Crippen molar-refractivity contribution >= 4 is 11.8 Å². The van der Waals surface area contributed by atoms with Crippen LogP contribution in [0.5, 0.6) is 5.88 Å². The Kier molecular flexibility index (Phi) is 4.57. The van der Waals surface area contributed by atoms with Gasteiger partial charge in [-0.2, -0.15) is 0 Å². The largest absolute Gasteiger partial charge is 0.472 e. The molecule has 3 heterocycles. The molecule has 22 heavy (non-hydrogen) atoms. The molecule has 120 valence electrons. The van der Waals surface area contributed by atoms with Gasteiger partial charge in [-0.15, -0.1) is 0 Å². The minimum Gasteiger partial charge on any atom is -0.472 e. The fourth-order valence-corrected chi connectivity index (χ4v) is 2.70. The first-order chi connectivity index (χ1) is 10.8. The number of aromatic nitrogens is 2. The van der Waals surface area contributed by atoms with E-state index in [9.17, 15) is 4.79 Å². The van der Waals surface area contributed by atoms with E-state index in [1.165, 1.54) is 6.33 Å². The lowest BCUT2D eigenvalue weighted by Gasteiger charge is -2.27. The summed E-state index contributed by atoms with van der Waals surface area (Å²) in [4.78, 5) is 24.0. The molecule has 2 fully saturated rings. The molecule has 3 rings (SSSR count). The van der Waals surface area contributed by atoms with Crippen LogP contribution in [-0.4, -0.2) is 73.4 Å². The van der Waals surface area contributed by atoms with E-state index in [1.807, 2.05) is 6.07 Å². The van der Waals surface area contributed by atoms with Gasteiger partial charge in [-0.1, -0.05) is 0 Å². The molecule has 2 amide bonds. The van der Waals surface area contributed by atoms with Gasteiger partial charge < -0.3 is 24.6 Å². The quantitative estimate of drug-likeness (QED) is 0.853. The zero-order chi connectivity index (χ0) is 15.4. The third-order valence-electron chi connectivity index (χ3n) is 3.90. The summed E-state index contributed by atoms with van der Waals surface area (Å²) in [5.74, 6) is 1.41. The van der Waals surface area contributed by atoms with Crippen molar-refractivity contribution in [2.45, 2.75) is 12.5 Å². The Morgan fingerprint density at radius 3 is 2.95 bits per heavy atom. The third-order valence-corrected chi connectivity index (χ3v) is 3.90. The molecule has 1 N–H and O–H groups in total. The lowest BCUT2D eigenvalue weighted by Crippen LogP contribution is -2.37. The number of nitrogens with one attached hydrogen (secondary N) is 1. The van der Waals surface area contributed by atoms with Gasteiger partial charge in [0.2, 0.25) is 5.88 Å². The monoisotopic (exact) mass is 307 g/mol. The smallest absolute Gasteiger partial charge is 0.317 e. The number of morpholine rings is 1. The van der Waals surface area contributed by atoms with E-state index in [0.29, 0.717) is 32.2 Å². The zero-order valence-corrected chi connectivity index (χ0v) is 12.7. The molecule has 1 atom stereocenters. The number of nitrogens with zero attached hydrogens (tertiary/aromatic N) is 4. The SMILES string of the molecule is CNC(=O)N1CCC(Oc2cc(N3CCOCC3)ncn2)C1. The van der Waals surface area contributed by atoms with E-state index in [2.05, 4.69) is 20.2 Å². The number of carbonyl (C=O) groups is 1. The molecule has 1 aromatic heterocycles. The van der Waals surface area contributed by atoms with Crippen molar-refractivity contribution in [3.8, 4) is 5.88 Å². The molecule has 1 aromatic rings. The number of hydrogen-bond donors (Lipinski definition) is 1. The van der Waals surface area contributed by atoms with Gasteiger partial charge >= 0.3 is 6.03 Å². The van der Waals surface area contributed by atoms with E-state index in [-0.39, 0.29) is 12.1 Å². The molecule has 0 saturated carbocycles. The first kappa shape index (κ1) is 14.8. The molecule has 0 aliphatic carbocycles. The van der Waals surface area contributed by atoms with Gasteiger partial charge in [0.05, 0.1) is 19.8 Å². The van der Waals surface area contributed by atoms with Crippen molar-refractivity contribution < 1.29 is 14.3 Å². The van der Waals surface area contributed by atoms with Gasteiger partial charge in [-0.05, 0) is 0 Å². The van der Waals surface area contributed by atoms with Crippen LogP contribution in [0.3, 0.4) is 0 Å². The lowest BCUT2D eigenvalue weighted by molar-refractivity contribution is 0.122. The van der Waals surface area contributed by atoms with Crippen LogP contribution in [0.1, 0.15) is 6.42 Å². The van der Waals surface area contributed by atoms with Crippen molar-refractivity contribution in [2.24, 2.45) is 0 Å². The Morgan fingerprint density at radius 1 is 1.36 bits per heavy atom. The van der Waals surface area contributed by atoms with E-state index in [1.54, 1.807) is 11.9 Å². The summed E-state index contributed by atoms with van der Waals surface area (Å²) in [6.07, 6.45) is 2.31. The number of amides is 2. The van der Waals surface area contributed by atoms with Crippen LogP contribution in [0.25, 0.3) is 0 Å². The Balaban J connectivity index is 1.60. The summed E-state index contributed by atoms with van der Waals surface area (Å²) in [5.41, 5.74) is 0. The zero-order valence-electron chi connectivity index (χ0n) is 12.7. The van der Waals surface area contributed by atoms with Crippen molar-refractivity contribution in [1.82, 2.24) is 20.2 Å². The van der Waals surface area contributed by atoms with Crippen LogP contribution in [0.2, 0.25) is 0 Å². The molecule has 8 nitrogen and oxygen atoms in total. The summed E-state index contributed by atoms with van der Waals surface area (Å²) in [7, 11) is 1.63. The Morgan fingerprint density at radius 2 is 2.18 bits per heavy atom. The highest BCUT2D eigenvalue weighted by Gasteiger charge is 2.27. The van der Waals surface area contributed by atoms with Crippen molar-refractivity contribution in [3.05, 3.63) is 12.4 Å². The van der Waals surface area contributed by atoms with Crippen LogP contribution in [0.15, 0.2) is 12.4 Å². The van der Waals surface area contributed by atoms with Crippen molar-refractivity contribution in [2.75, 3.05) is 51.3 Å². The second-order valence-electron chi connectivity index (χ2n) is 5.34. The van der Waals surface area contributed by atoms with Crippen molar-refractivity contribution in [1.29, 1.82) is 0 Å². The van der Waals surface area contributed by atoms with Crippen LogP contribution < -0.4 is 15.0 Å². The number of hydrogen-bond acceptors (Lipinski definition) is 6. The molecule has 2 aliphatic rings. The predicted molar refractivity (Wildman–Crippen MR) is 80.1 cm³/mol. The molecule has 0 aromatic carbocycles. The van der Waals surface area contributed by atoms with Gasteiger partial charge in [0, 0.05) is 39.2 Å². The molecular formula is C14H21N5O3. The Labute approximate surface area is 129 Å². The summed E-state index contributed by atoms with van der Waals surface area (Å²) in [6, 6.07) is 1.79. The topological polar surface area (TPSA) is 79.8 Å². The summed E-state index contributed by atoms with van der Waals surface area (Å²) in [5, 5.41) is 2.63. The van der Waals surface area contributed by atoms with Crippen LogP contribution in [0.4, 0.5) is 10.6 Å². The van der Waals surface area contributed by atoms with E-state index >= 15 is 0 Å². The number of urea groups is 1. The predicted octanol–water partition coefficient (Wildman–Crippen LogP) is 0.106. The molecular weight excluding hydrogens is 286 g/mol. The molecule has 2 aliphatic heterocycles. The van der Waals surface area contributed by atoms with Crippen LogP contribution >= 0.6 is 0 Å². The highest BCUT2D eigenvalue weighted by atomic mass is 16.5. The first-order valence-electron chi connectivity index (χ1n) is 7.54. The van der Waals surface area contributed by atoms with Gasteiger partial charge in [0.15, 0.2) is 0 Å². The van der Waals surface area contributed by atoms with Gasteiger partial charge in [0.1, 0.15) is 18.2 Å². The highest BCUT2D eigenvalue weighted by molar-refractivity contribution is 5.74. The van der Waals surface area contributed by atoms with E-state index in [4.69, 9.17) is 9.47 Å². The van der Waals surface area contributed by atoms with E-state index < -0.39 is 0 Å². The van der Waals surface area contributed by atoms with Gasteiger partial charge in [0.25, 0.3) is 0 Å². The molecule has 8 heteroatoms. The lowest BCUT2D eigenvalue weighted by atomic mass is 10.3. The summed E-state index contributed by atoms with van der Waals surface area (Å²) < 4.78 is 11.2. The number of carbonyl (C=O) groups excluding carboxylic acids is 1. The summed E-state index contributed by atoms with van der Waals surface area (Å²) in [6.45, 7) is 4.35. The van der Waals surface area contributed by atoms with Crippen molar-refractivity contribution in [3.63, 3.8) is 0 Å². The number of ether oxygens (including phenoxy) is 2. The fraction of sp³-hybridized carbons (Fsp3) is 0.643. The number of likely N-dealkylation sites (tertiary alicyclic amines) is 1. The molecule has 0 bridgehead atoms. The molecule has 1 unspecified atom stereocenters. The second kappa shape index (κ2) is 6.78. The highest BCUT2D eigenvalue weighted by Crippen LogP contribution is 2.20. The number of anilines is 1. The maximum absolute atomic E-state index is 11.6. The fourth-order valence-electron chi connectivity index (χ4n) is 2.70. The second-order valence-corrected chi connectivity index (χ2v) is 5.34. The maximum Gasteiger partial charge on any atom is 0.317 e.